The lowest BCUT2D eigenvalue weighted by molar-refractivity contribution is -0.124. The lowest BCUT2D eigenvalue weighted by atomic mass is 10.1. The molecule has 0 fully saturated rings. The third kappa shape index (κ3) is 14.8. The van der Waals surface area contributed by atoms with E-state index in [9.17, 15) is 9.18 Å². The molecule has 0 saturated heterocycles. The summed E-state index contributed by atoms with van der Waals surface area (Å²) in [6.07, 6.45) is 1.28. The Morgan fingerprint density at radius 1 is 0.958 bits per heavy atom. The minimum absolute atomic E-state index is 0.0139. The van der Waals surface area contributed by atoms with Gasteiger partial charge in [0.05, 0.1) is 45.7 Å². The van der Waals surface area contributed by atoms with E-state index >= 15 is 0 Å². The first-order valence-electron chi connectivity index (χ1n) is 9.01. The van der Waals surface area contributed by atoms with E-state index in [1.807, 2.05) is 0 Å². The molecule has 0 radical (unpaired) electrons. The SMILES string of the molecule is CC(C)CCC(C)OCCOCCOCC(F)CNC(=O)C(C)C. The molecule has 0 aromatic carbocycles. The first-order valence-corrected chi connectivity index (χ1v) is 9.01. The van der Waals surface area contributed by atoms with Crippen LogP contribution in [0.1, 0.15) is 47.5 Å². The van der Waals surface area contributed by atoms with Crippen LogP contribution >= 0.6 is 0 Å². The van der Waals surface area contributed by atoms with Gasteiger partial charge in [0.1, 0.15) is 6.17 Å². The number of amides is 1. The summed E-state index contributed by atoms with van der Waals surface area (Å²) in [6, 6.07) is 0. The summed E-state index contributed by atoms with van der Waals surface area (Å²) in [5, 5.41) is 2.54. The molecule has 1 N–H and O–H groups in total. The van der Waals surface area contributed by atoms with Crippen molar-refractivity contribution in [1.82, 2.24) is 5.32 Å². The molecule has 6 heteroatoms. The summed E-state index contributed by atoms with van der Waals surface area (Å²) in [5.74, 6) is 0.410. The molecule has 0 heterocycles. The van der Waals surface area contributed by atoms with Crippen LogP contribution in [0.2, 0.25) is 0 Å². The van der Waals surface area contributed by atoms with Crippen molar-refractivity contribution in [2.24, 2.45) is 11.8 Å². The number of hydrogen-bond acceptors (Lipinski definition) is 4. The highest BCUT2D eigenvalue weighted by molar-refractivity contribution is 5.77. The van der Waals surface area contributed by atoms with Gasteiger partial charge in [-0.15, -0.1) is 0 Å². The van der Waals surface area contributed by atoms with Crippen LogP contribution in [0.5, 0.6) is 0 Å². The molecule has 0 aliphatic heterocycles. The van der Waals surface area contributed by atoms with Crippen LogP contribution in [0.15, 0.2) is 0 Å². The second kappa shape index (κ2) is 14.6. The lowest BCUT2D eigenvalue weighted by Crippen LogP contribution is -2.35. The summed E-state index contributed by atoms with van der Waals surface area (Å²) in [6.45, 7) is 11.8. The van der Waals surface area contributed by atoms with E-state index in [1.54, 1.807) is 13.8 Å². The van der Waals surface area contributed by atoms with Gasteiger partial charge in [-0.3, -0.25) is 4.79 Å². The zero-order valence-electron chi connectivity index (χ0n) is 16.0. The van der Waals surface area contributed by atoms with Gasteiger partial charge in [0.15, 0.2) is 0 Å². The van der Waals surface area contributed by atoms with Gasteiger partial charge in [-0.25, -0.2) is 4.39 Å². The molecule has 144 valence electrons. The number of carbonyl (C=O) groups is 1. The third-order valence-corrected chi connectivity index (χ3v) is 3.47. The van der Waals surface area contributed by atoms with Crippen molar-refractivity contribution in [3.05, 3.63) is 0 Å². The van der Waals surface area contributed by atoms with Gasteiger partial charge in [0, 0.05) is 5.92 Å². The monoisotopic (exact) mass is 349 g/mol. The van der Waals surface area contributed by atoms with Crippen molar-refractivity contribution in [2.45, 2.75) is 59.7 Å². The van der Waals surface area contributed by atoms with Gasteiger partial charge in [-0.05, 0) is 25.7 Å². The Bertz CT molecular complexity index is 313. The molecular formula is C18H36FNO4. The van der Waals surface area contributed by atoms with E-state index < -0.39 is 6.17 Å². The Morgan fingerprint density at radius 3 is 2.21 bits per heavy atom. The number of halogens is 1. The molecule has 5 nitrogen and oxygen atoms in total. The molecule has 0 saturated carbocycles. The van der Waals surface area contributed by atoms with Gasteiger partial charge >= 0.3 is 0 Å². The molecule has 0 spiro atoms. The second-order valence-electron chi connectivity index (χ2n) is 6.84. The number of ether oxygens (including phenoxy) is 3. The van der Waals surface area contributed by atoms with E-state index in [0.717, 1.165) is 12.8 Å². The Kier molecular flexibility index (Phi) is 14.2. The van der Waals surface area contributed by atoms with Crippen LogP contribution < -0.4 is 5.32 Å². The topological polar surface area (TPSA) is 56.8 Å². The average molecular weight is 349 g/mol. The van der Waals surface area contributed by atoms with E-state index in [4.69, 9.17) is 14.2 Å². The molecule has 2 atom stereocenters. The fraction of sp³-hybridized carbons (Fsp3) is 0.944. The predicted octanol–water partition coefficient (Wildman–Crippen LogP) is 2.97. The highest BCUT2D eigenvalue weighted by Gasteiger charge is 2.11. The first-order chi connectivity index (χ1) is 11.3. The molecule has 0 bridgehead atoms. The minimum Gasteiger partial charge on any atom is -0.377 e. The largest absolute Gasteiger partial charge is 0.377 e. The van der Waals surface area contributed by atoms with Crippen LogP contribution in [0.25, 0.3) is 0 Å². The maximum absolute atomic E-state index is 13.5. The highest BCUT2D eigenvalue weighted by atomic mass is 19.1. The summed E-state index contributed by atoms with van der Waals surface area (Å²) >= 11 is 0. The molecule has 24 heavy (non-hydrogen) atoms. The van der Waals surface area contributed by atoms with E-state index in [2.05, 4.69) is 26.1 Å². The molecule has 0 aliphatic carbocycles. The smallest absolute Gasteiger partial charge is 0.222 e. The maximum atomic E-state index is 13.5. The number of nitrogens with one attached hydrogen (secondary N) is 1. The van der Waals surface area contributed by atoms with Gasteiger partial charge < -0.3 is 19.5 Å². The Morgan fingerprint density at radius 2 is 1.58 bits per heavy atom. The van der Waals surface area contributed by atoms with E-state index in [1.165, 1.54) is 0 Å². The minimum atomic E-state index is -1.20. The first kappa shape index (κ1) is 23.3. The summed E-state index contributed by atoms with van der Waals surface area (Å²) in [4.78, 5) is 11.3. The fourth-order valence-electron chi connectivity index (χ4n) is 1.87. The van der Waals surface area contributed by atoms with Crippen LogP contribution in [-0.2, 0) is 19.0 Å². The van der Waals surface area contributed by atoms with Gasteiger partial charge in [0.2, 0.25) is 5.91 Å². The van der Waals surface area contributed by atoms with Crippen LogP contribution in [0.4, 0.5) is 4.39 Å². The zero-order chi connectivity index (χ0) is 18.4. The van der Waals surface area contributed by atoms with Crippen molar-refractivity contribution in [3.8, 4) is 0 Å². The van der Waals surface area contributed by atoms with E-state index in [0.29, 0.717) is 32.3 Å². The van der Waals surface area contributed by atoms with Crippen LogP contribution in [0, 0.1) is 11.8 Å². The zero-order valence-corrected chi connectivity index (χ0v) is 16.0. The summed E-state index contributed by atoms with van der Waals surface area (Å²) in [7, 11) is 0. The van der Waals surface area contributed by atoms with Crippen molar-refractivity contribution >= 4 is 5.91 Å². The molecule has 0 rings (SSSR count). The van der Waals surface area contributed by atoms with Crippen LogP contribution in [0.3, 0.4) is 0 Å². The lowest BCUT2D eigenvalue weighted by Gasteiger charge is -2.14. The Balaban J connectivity index is 3.37. The number of rotatable bonds is 15. The molecule has 1 amide bonds. The van der Waals surface area contributed by atoms with Gasteiger partial charge in [0.25, 0.3) is 0 Å². The van der Waals surface area contributed by atoms with Crippen molar-refractivity contribution in [2.75, 3.05) is 39.6 Å². The standard InChI is InChI=1S/C18H36FNO4/c1-14(2)6-7-16(5)24-11-10-22-8-9-23-13-17(19)12-20-18(21)15(3)4/h14-17H,6-13H2,1-5H3,(H,20,21). The summed E-state index contributed by atoms with van der Waals surface area (Å²) in [5.41, 5.74) is 0. The normalized spacial score (nSPS) is 14.2. The Hall–Kier alpha value is -0.720. The van der Waals surface area contributed by atoms with Crippen molar-refractivity contribution < 1.29 is 23.4 Å². The fourth-order valence-corrected chi connectivity index (χ4v) is 1.87. The number of alkyl halides is 1. The predicted molar refractivity (Wildman–Crippen MR) is 93.9 cm³/mol. The highest BCUT2D eigenvalue weighted by Crippen LogP contribution is 2.08. The van der Waals surface area contributed by atoms with Crippen molar-refractivity contribution in [1.29, 1.82) is 0 Å². The quantitative estimate of drug-likeness (QED) is 0.462. The van der Waals surface area contributed by atoms with Crippen molar-refractivity contribution in [3.63, 3.8) is 0 Å². The van der Waals surface area contributed by atoms with Gasteiger partial charge in [-0.2, -0.15) is 0 Å². The summed E-state index contributed by atoms with van der Waals surface area (Å²) < 4.78 is 29.7. The molecule has 0 aromatic heterocycles. The molecule has 0 aliphatic rings. The average Bonchev–Trinajstić information content (AvgIpc) is 2.52. The van der Waals surface area contributed by atoms with E-state index in [-0.39, 0.29) is 31.1 Å². The molecule has 2 unspecified atom stereocenters. The molecule has 0 aromatic rings. The van der Waals surface area contributed by atoms with Gasteiger partial charge in [-0.1, -0.05) is 27.7 Å². The number of carbonyl (C=O) groups excluding carboxylic acids is 1. The third-order valence-electron chi connectivity index (χ3n) is 3.47. The second-order valence-corrected chi connectivity index (χ2v) is 6.84. The Labute approximate surface area is 146 Å². The number of hydrogen-bond donors (Lipinski definition) is 1. The van der Waals surface area contributed by atoms with Crippen LogP contribution in [-0.4, -0.2) is 57.8 Å². The maximum Gasteiger partial charge on any atom is 0.222 e. The molecular weight excluding hydrogens is 313 g/mol.